The predicted octanol–water partition coefficient (Wildman–Crippen LogP) is 2.12. The van der Waals surface area contributed by atoms with Gasteiger partial charge in [0.25, 0.3) is 0 Å². The van der Waals surface area contributed by atoms with Crippen LogP contribution in [0.25, 0.3) is 0 Å². The van der Waals surface area contributed by atoms with Crippen LogP contribution in [-0.2, 0) is 4.74 Å². The van der Waals surface area contributed by atoms with Gasteiger partial charge >= 0.3 is 0 Å². The summed E-state index contributed by atoms with van der Waals surface area (Å²) in [6.45, 7) is 6.50. The summed E-state index contributed by atoms with van der Waals surface area (Å²) in [5.74, 6) is -0.303. The van der Waals surface area contributed by atoms with Crippen molar-refractivity contribution in [3.8, 4) is 0 Å². The van der Waals surface area contributed by atoms with Crippen molar-refractivity contribution < 1.29 is 13.9 Å². The van der Waals surface area contributed by atoms with Crippen LogP contribution in [0, 0.1) is 5.82 Å². The van der Waals surface area contributed by atoms with Crippen LogP contribution in [0.3, 0.4) is 0 Å². The molecule has 0 saturated carbocycles. The van der Waals surface area contributed by atoms with Gasteiger partial charge in [0.1, 0.15) is 5.82 Å². The summed E-state index contributed by atoms with van der Waals surface area (Å²) in [6, 6.07) is 5.70. The van der Waals surface area contributed by atoms with Crippen molar-refractivity contribution in [2.24, 2.45) is 0 Å². The minimum absolute atomic E-state index is 0.0185. The zero-order valence-electron chi connectivity index (χ0n) is 10.8. The molecule has 0 atom stereocenters. The van der Waals surface area contributed by atoms with Crippen molar-refractivity contribution >= 4 is 5.78 Å². The Morgan fingerprint density at radius 2 is 2.06 bits per heavy atom. The third kappa shape index (κ3) is 2.94. The Morgan fingerprint density at radius 1 is 1.39 bits per heavy atom. The summed E-state index contributed by atoms with van der Waals surface area (Å²) in [6.07, 6.45) is 0. The molecule has 0 N–H and O–H groups in total. The van der Waals surface area contributed by atoms with Crippen LogP contribution in [0.2, 0.25) is 0 Å². The minimum atomic E-state index is -0.321. The molecule has 98 valence electrons. The van der Waals surface area contributed by atoms with E-state index in [4.69, 9.17) is 4.74 Å². The fourth-order valence-electron chi connectivity index (χ4n) is 2.08. The summed E-state index contributed by atoms with van der Waals surface area (Å²) in [4.78, 5) is 14.2. The number of carbonyl (C=O) groups excluding carboxylic acids is 1. The van der Waals surface area contributed by atoms with Gasteiger partial charge in [0.05, 0.1) is 19.8 Å². The molecule has 2 rings (SSSR count). The van der Waals surface area contributed by atoms with E-state index in [9.17, 15) is 9.18 Å². The van der Waals surface area contributed by atoms with E-state index in [1.165, 1.54) is 24.3 Å². The Morgan fingerprint density at radius 3 is 2.67 bits per heavy atom. The Bertz CT molecular complexity index is 428. The van der Waals surface area contributed by atoms with Gasteiger partial charge in [-0.3, -0.25) is 9.69 Å². The first kappa shape index (κ1) is 13.2. The number of ether oxygens (including phenoxy) is 1. The molecule has 3 nitrogen and oxygen atoms in total. The quantitative estimate of drug-likeness (QED) is 0.771. The zero-order chi connectivity index (χ0) is 13.2. The van der Waals surface area contributed by atoms with Gasteiger partial charge in [0.2, 0.25) is 0 Å². The Hall–Kier alpha value is -1.26. The first-order valence-electron chi connectivity index (χ1n) is 6.10. The zero-order valence-corrected chi connectivity index (χ0v) is 10.8. The van der Waals surface area contributed by atoms with Crippen LogP contribution in [0.5, 0.6) is 0 Å². The Labute approximate surface area is 107 Å². The number of Topliss-reactive ketones (excluding diaryl/α,β-unsaturated/α-hetero) is 1. The summed E-state index contributed by atoms with van der Waals surface area (Å²) < 4.78 is 18.2. The highest BCUT2D eigenvalue weighted by Crippen LogP contribution is 2.19. The highest BCUT2D eigenvalue weighted by Gasteiger charge is 2.31. The first-order chi connectivity index (χ1) is 8.49. The number of benzene rings is 1. The van der Waals surface area contributed by atoms with Crippen LogP contribution in [0.1, 0.15) is 24.2 Å². The maximum atomic E-state index is 12.8. The molecule has 1 aliphatic heterocycles. The Kier molecular flexibility index (Phi) is 3.78. The minimum Gasteiger partial charge on any atom is -0.378 e. The number of hydrogen-bond donors (Lipinski definition) is 0. The van der Waals surface area contributed by atoms with Crippen molar-refractivity contribution in [3.63, 3.8) is 0 Å². The van der Waals surface area contributed by atoms with E-state index in [0.29, 0.717) is 25.3 Å². The first-order valence-corrected chi connectivity index (χ1v) is 6.10. The lowest BCUT2D eigenvalue weighted by Crippen LogP contribution is -2.54. The lowest BCUT2D eigenvalue weighted by atomic mass is 10.0. The molecule has 1 saturated heterocycles. The lowest BCUT2D eigenvalue weighted by Gasteiger charge is -2.41. The smallest absolute Gasteiger partial charge is 0.176 e. The van der Waals surface area contributed by atoms with Crippen LogP contribution >= 0.6 is 0 Å². The molecule has 1 aromatic rings. The van der Waals surface area contributed by atoms with Crippen LogP contribution in [0.15, 0.2) is 24.3 Å². The van der Waals surface area contributed by atoms with E-state index in [1.807, 2.05) is 0 Å². The van der Waals surface area contributed by atoms with Crippen molar-refractivity contribution in [1.29, 1.82) is 0 Å². The number of ketones is 1. The van der Waals surface area contributed by atoms with Gasteiger partial charge in [0, 0.05) is 17.6 Å². The van der Waals surface area contributed by atoms with Crippen LogP contribution in [-0.4, -0.2) is 42.5 Å². The standard InChI is InChI=1S/C14H18FNO2/c1-14(2)10-18-8-7-16(14)9-13(17)11-3-5-12(15)6-4-11/h3-6H,7-10H2,1-2H3. The second kappa shape index (κ2) is 5.16. The van der Waals surface area contributed by atoms with Crippen LogP contribution in [0.4, 0.5) is 4.39 Å². The third-order valence-electron chi connectivity index (χ3n) is 3.32. The molecule has 0 spiro atoms. The topological polar surface area (TPSA) is 29.5 Å². The molecule has 1 heterocycles. The van der Waals surface area contributed by atoms with Gasteiger partial charge in [-0.15, -0.1) is 0 Å². The van der Waals surface area contributed by atoms with Crippen molar-refractivity contribution in [2.45, 2.75) is 19.4 Å². The maximum absolute atomic E-state index is 12.8. The normalized spacial score (nSPS) is 19.7. The van der Waals surface area contributed by atoms with Gasteiger partial charge in [-0.05, 0) is 38.1 Å². The van der Waals surface area contributed by atoms with Crippen LogP contribution < -0.4 is 0 Å². The second-order valence-electron chi connectivity index (χ2n) is 5.22. The molecule has 18 heavy (non-hydrogen) atoms. The molecular weight excluding hydrogens is 233 g/mol. The number of nitrogens with zero attached hydrogens (tertiary/aromatic N) is 1. The fourth-order valence-corrected chi connectivity index (χ4v) is 2.08. The highest BCUT2D eigenvalue weighted by molar-refractivity contribution is 5.97. The average molecular weight is 251 g/mol. The summed E-state index contributed by atoms with van der Waals surface area (Å²) in [7, 11) is 0. The van der Waals surface area contributed by atoms with Gasteiger partial charge in [-0.25, -0.2) is 4.39 Å². The van der Waals surface area contributed by atoms with E-state index in [1.54, 1.807) is 0 Å². The van der Waals surface area contributed by atoms with Gasteiger partial charge in [-0.1, -0.05) is 0 Å². The molecule has 4 heteroatoms. The van der Waals surface area contributed by atoms with Gasteiger partial charge < -0.3 is 4.74 Å². The summed E-state index contributed by atoms with van der Waals surface area (Å²) >= 11 is 0. The SMILES string of the molecule is CC1(C)COCCN1CC(=O)c1ccc(F)cc1. The third-order valence-corrected chi connectivity index (χ3v) is 3.32. The largest absolute Gasteiger partial charge is 0.378 e. The molecule has 0 aromatic heterocycles. The number of rotatable bonds is 3. The van der Waals surface area contributed by atoms with E-state index >= 15 is 0 Å². The van der Waals surface area contributed by atoms with Crippen molar-refractivity contribution in [1.82, 2.24) is 4.90 Å². The van der Waals surface area contributed by atoms with Gasteiger partial charge in [-0.2, -0.15) is 0 Å². The monoisotopic (exact) mass is 251 g/mol. The number of halogens is 1. The molecule has 1 fully saturated rings. The Balaban J connectivity index is 2.04. The molecular formula is C14H18FNO2. The highest BCUT2D eigenvalue weighted by atomic mass is 19.1. The average Bonchev–Trinajstić information content (AvgIpc) is 2.32. The lowest BCUT2D eigenvalue weighted by molar-refractivity contribution is -0.0467. The van der Waals surface area contributed by atoms with E-state index < -0.39 is 0 Å². The molecule has 0 unspecified atom stereocenters. The second-order valence-corrected chi connectivity index (χ2v) is 5.22. The number of hydrogen-bond acceptors (Lipinski definition) is 3. The fraction of sp³-hybridized carbons (Fsp3) is 0.500. The molecule has 0 radical (unpaired) electrons. The summed E-state index contributed by atoms with van der Waals surface area (Å²) in [5.41, 5.74) is 0.423. The van der Waals surface area contributed by atoms with E-state index in [-0.39, 0.29) is 17.1 Å². The molecule has 1 aliphatic rings. The maximum Gasteiger partial charge on any atom is 0.176 e. The van der Waals surface area contributed by atoms with E-state index in [2.05, 4.69) is 18.7 Å². The predicted molar refractivity (Wildman–Crippen MR) is 67.2 cm³/mol. The number of carbonyl (C=O) groups is 1. The van der Waals surface area contributed by atoms with E-state index in [0.717, 1.165) is 6.54 Å². The number of morpholine rings is 1. The van der Waals surface area contributed by atoms with Gasteiger partial charge in [0.15, 0.2) is 5.78 Å². The van der Waals surface area contributed by atoms with Crippen molar-refractivity contribution in [2.75, 3.05) is 26.3 Å². The molecule has 1 aromatic carbocycles. The van der Waals surface area contributed by atoms with Crippen molar-refractivity contribution in [3.05, 3.63) is 35.6 Å². The molecule has 0 bridgehead atoms. The molecule has 0 amide bonds. The molecule has 0 aliphatic carbocycles. The summed E-state index contributed by atoms with van der Waals surface area (Å²) in [5, 5.41) is 0.